The second kappa shape index (κ2) is 5.95. The third-order valence-electron chi connectivity index (χ3n) is 2.38. The highest BCUT2D eigenvalue weighted by Crippen LogP contribution is 2.26. The number of aromatic nitrogens is 1. The summed E-state index contributed by atoms with van der Waals surface area (Å²) in [4.78, 5) is 16.3. The van der Waals surface area contributed by atoms with Gasteiger partial charge in [-0.15, -0.1) is 0 Å². The fourth-order valence-corrected chi connectivity index (χ4v) is 2.32. The summed E-state index contributed by atoms with van der Waals surface area (Å²) >= 11 is 12.7. The molecule has 0 aliphatic rings. The van der Waals surface area contributed by atoms with Gasteiger partial charge < -0.3 is 0 Å². The molecule has 0 atom stereocenters. The van der Waals surface area contributed by atoms with Crippen LogP contribution in [0, 0.1) is 0 Å². The van der Waals surface area contributed by atoms with Gasteiger partial charge in [-0.25, -0.2) is 0 Å². The molecule has 0 spiro atoms. The molecule has 1 aromatic carbocycles. The van der Waals surface area contributed by atoms with E-state index in [0.29, 0.717) is 10.6 Å². The van der Waals surface area contributed by atoms with E-state index in [2.05, 4.69) is 36.8 Å². The summed E-state index contributed by atoms with van der Waals surface area (Å²) in [5.41, 5.74) is 1.23. The molecule has 0 N–H and O–H groups in total. The third-order valence-corrected chi connectivity index (χ3v) is 4.15. The van der Waals surface area contributed by atoms with Crippen LogP contribution in [-0.4, -0.2) is 10.8 Å². The molecule has 0 radical (unpaired) electrons. The molecule has 92 valence electrons. The van der Waals surface area contributed by atoms with Crippen LogP contribution in [0.1, 0.15) is 16.1 Å². The minimum absolute atomic E-state index is 0.0453. The van der Waals surface area contributed by atoms with Crippen LogP contribution in [0.25, 0.3) is 0 Å². The molecule has 0 fully saturated rings. The number of carbonyl (C=O) groups excluding carboxylic acids is 1. The molecular weight excluding hydrogens is 381 g/mol. The van der Waals surface area contributed by atoms with Crippen molar-refractivity contribution in [2.24, 2.45) is 0 Å². The van der Waals surface area contributed by atoms with Gasteiger partial charge in [0.15, 0.2) is 5.78 Å². The van der Waals surface area contributed by atoms with Crippen molar-refractivity contribution in [2.45, 2.75) is 6.42 Å². The van der Waals surface area contributed by atoms with Gasteiger partial charge in [-0.1, -0.05) is 17.7 Å². The lowest BCUT2D eigenvalue weighted by Crippen LogP contribution is -2.05. The molecule has 0 saturated carbocycles. The highest BCUT2D eigenvalue weighted by molar-refractivity contribution is 9.10. The van der Waals surface area contributed by atoms with Gasteiger partial charge in [0.1, 0.15) is 0 Å². The van der Waals surface area contributed by atoms with Gasteiger partial charge in [-0.2, -0.15) is 0 Å². The van der Waals surface area contributed by atoms with E-state index >= 15 is 0 Å². The summed E-state index contributed by atoms with van der Waals surface area (Å²) < 4.78 is 1.61. The number of halogens is 3. The first-order valence-corrected chi connectivity index (χ1v) is 7.12. The van der Waals surface area contributed by atoms with Gasteiger partial charge >= 0.3 is 0 Å². The quantitative estimate of drug-likeness (QED) is 0.713. The number of hydrogen-bond donors (Lipinski definition) is 0. The van der Waals surface area contributed by atoms with E-state index in [1.54, 1.807) is 24.4 Å². The Morgan fingerprint density at radius 1 is 1.22 bits per heavy atom. The van der Waals surface area contributed by atoms with Crippen molar-refractivity contribution in [3.05, 3.63) is 61.8 Å². The van der Waals surface area contributed by atoms with Gasteiger partial charge in [0.2, 0.25) is 0 Å². The fraction of sp³-hybridized carbons (Fsp3) is 0.0769. The second-order valence-corrected chi connectivity index (χ2v) is 5.82. The third kappa shape index (κ3) is 3.19. The van der Waals surface area contributed by atoms with Gasteiger partial charge in [0.05, 0.1) is 11.4 Å². The van der Waals surface area contributed by atoms with Crippen molar-refractivity contribution in [1.82, 2.24) is 4.98 Å². The standard InChI is InChI=1S/C13H8Br2ClNO/c14-8-4-5-9(17-7-8)6-12(18)10-2-1-3-11(15)13(10)16/h1-5,7H,6H2. The van der Waals surface area contributed by atoms with Crippen molar-refractivity contribution in [3.63, 3.8) is 0 Å². The van der Waals surface area contributed by atoms with Gasteiger partial charge in [0, 0.05) is 26.4 Å². The first-order valence-electron chi connectivity index (χ1n) is 5.15. The molecule has 1 aromatic heterocycles. The number of pyridine rings is 1. The number of ketones is 1. The average molecular weight is 389 g/mol. The maximum absolute atomic E-state index is 12.1. The number of nitrogens with zero attached hydrogens (tertiary/aromatic N) is 1. The first-order chi connectivity index (χ1) is 8.58. The Labute approximate surface area is 127 Å². The van der Waals surface area contributed by atoms with Gasteiger partial charge in [0.25, 0.3) is 0 Å². The van der Waals surface area contributed by atoms with Crippen LogP contribution >= 0.6 is 43.5 Å². The minimum Gasteiger partial charge on any atom is -0.294 e. The summed E-state index contributed by atoms with van der Waals surface area (Å²) in [6.07, 6.45) is 1.91. The van der Waals surface area contributed by atoms with Gasteiger partial charge in [-0.05, 0) is 56.1 Å². The Morgan fingerprint density at radius 3 is 2.67 bits per heavy atom. The zero-order chi connectivity index (χ0) is 13.1. The lowest BCUT2D eigenvalue weighted by Gasteiger charge is -2.05. The number of carbonyl (C=O) groups is 1. The molecule has 5 heteroatoms. The van der Waals surface area contributed by atoms with E-state index in [-0.39, 0.29) is 12.2 Å². The van der Waals surface area contributed by atoms with E-state index < -0.39 is 0 Å². The predicted octanol–water partition coefficient (Wildman–Crippen LogP) is 4.69. The number of hydrogen-bond acceptors (Lipinski definition) is 2. The summed E-state index contributed by atoms with van der Waals surface area (Å²) in [6, 6.07) is 8.98. The van der Waals surface area contributed by atoms with Crippen molar-refractivity contribution < 1.29 is 4.79 Å². The highest BCUT2D eigenvalue weighted by atomic mass is 79.9. The zero-order valence-electron chi connectivity index (χ0n) is 9.16. The SMILES string of the molecule is O=C(Cc1ccc(Br)cn1)c1cccc(Br)c1Cl. The molecular formula is C13H8Br2ClNO. The lowest BCUT2D eigenvalue weighted by atomic mass is 10.1. The highest BCUT2D eigenvalue weighted by Gasteiger charge is 2.13. The Morgan fingerprint density at radius 2 is 2.00 bits per heavy atom. The molecule has 0 bridgehead atoms. The second-order valence-electron chi connectivity index (χ2n) is 3.67. The predicted molar refractivity (Wildman–Crippen MR) is 79.1 cm³/mol. The normalized spacial score (nSPS) is 10.4. The molecule has 0 aliphatic heterocycles. The lowest BCUT2D eigenvalue weighted by molar-refractivity contribution is 0.0992. The Balaban J connectivity index is 2.22. The molecule has 2 nitrogen and oxygen atoms in total. The van der Waals surface area contributed by atoms with Crippen molar-refractivity contribution >= 4 is 49.2 Å². The molecule has 0 amide bonds. The van der Waals surface area contributed by atoms with E-state index in [1.807, 2.05) is 12.1 Å². The van der Waals surface area contributed by atoms with Crippen molar-refractivity contribution in [3.8, 4) is 0 Å². The molecule has 0 aliphatic carbocycles. The Hall–Kier alpha value is -0.710. The Bertz CT molecular complexity index is 584. The van der Waals surface area contributed by atoms with E-state index in [1.165, 1.54) is 0 Å². The summed E-state index contributed by atoms with van der Waals surface area (Å²) in [5, 5.41) is 0.444. The zero-order valence-corrected chi connectivity index (χ0v) is 13.1. The number of Topliss-reactive ketones (excluding diaryl/α,β-unsaturated/α-hetero) is 1. The number of rotatable bonds is 3. The monoisotopic (exact) mass is 387 g/mol. The van der Waals surface area contributed by atoms with Crippen LogP contribution in [0.3, 0.4) is 0 Å². The van der Waals surface area contributed by atoms with Crippen LogP contribution in [0.2, 0.25) is 5.02 Å². The molecule has 0 saturated heterocycles. The van der Waals surface area contributed by atoms with Crippen LogP contribution in [0.4, 0.5) is 0 Å². The van der Waals surface area contributed by atoms with E-state index in [9.17, 15) is 4.79 Å². The summed E-state index contributed by atoms with van der Waals surface area (Å²) in [5.74, 6) is -0.0453. The minimum atomic E-state index is -0.0453. The molecule has 1 heterocycles. The summed E-state index contributed by atoms with van der Waals surface area (Å²) in [7, 11) is 0. The van der Waals surface area contributed by atoms with E-state index in [0.717, 1.165) is 14.6 Å². The van der Waals surface area contributed by atoms with Crippen LogP contribution in [0.5, 0.6) is 0 Å². The smallest absolute Gasteiger partial charge is 0.170 e. The molecule has 2 aromatic rings. The maximum Gasteiger partial charge on any atom is 0.170 e. The van der Waals surface area contributed by atoms with E-state index in [4.69, 9.17) is 11.6 Å². The average Bonchev–Trinajstić information content (AvgIpc) is 2.35. The maximum atomic E-state index is 12.1. The molecule has 0 unspecified atom stereocenters. The molecule has 18 heavy (non-hydrogen) atoms. The first kappa shape index (κ1) is 13.7. The van der Waals surface area contributed by atoms with Gasteiger partial charge in [-0.3, -0.25) is 9.78 Å². The van der Waals surface area contributed by atoms with Crippen LogP contribution in [-0.2, 0) is 6.42 Å². The van der Waals surface area contributed by atoms with Crippen molar-refractivity contribution in [2.75, 3.05) is 0 Å². The Kier molecular flexibility index (Phi) is 4.54. The topological polar surface area (TPSA) is 30.0 Å². The fourth-order valence-electron chi connectivity index (χ4n) is 1.49. The van der Waals surface area contributed by atoms with Crippen molar-refractivity contribution in [1.29, 1.82) is 0 Å². The van der Waals surface area contributed by atoms with Crippen LogP contribution < -0.4 is 0 Å². The molecule has 2 rings (SSSR count). The summed E-state index contributed by atoms with van der Waals surface area (Å²) in [6.45, 7) is 0. The van der Waals surface area contributed by atoms with Crippen LogP contribution in [0.15, 0.2) is 45.5 Å². The number of benzene rings is 1. The largest absolute Gasteiger partial charge is 0.294 e.